The van der Waals surface area contributed by atoms with Crippen LogP contribution in [0.1, 0.15) is 20.3 Å². The number of hydrogen-bond acceptors (Lipinski definition) is 5. The van der Waals surface area contributed by atoms with E-state index in [0.29, 0.717) is 17.8 Å². The van der Waals surface area contributed by atoms with Crippen LogP contribution in [0.4, 0.5) is 11.4 Å². The van der Waals surface area contributed by atoms with Crippen LogP contribution >= 0.6 is 0 Å². The van der Waals surface area contributed by atoms with Crippen LogP contribution in [0.2, 0.25) is 0 Å². The normalized spacial score (nSPS) is 11.6. The molecule has 0 aromatic heterocycles. The molecule has 0 aliphatic rings. The van der Waals surface area contributed by atoms with Gasteiger partial charge in [0.1, 0.15) is 19.3 Å². The van der Waals surface area contributed by atoms with Crippen LogP contribution in [0.5, 0.6) is 0 Å². The van der Waals surface area contributed by atoms with Crippen molar-refractivity contribution in [3.8, 4) is 0 Å². The topological polar surface area (TPSA) is 84.9 Å². The van der Waals surface area contributed by atoms with E-state index in [2.05, 4.69) is 5.32 Å². The maximum absolute atomic E-state index is 12.8. The summed E-state index contributed by atoms with van der Waals surface area (Å²) >= 11 is 0. The van der Waals surface area contributed by atoms with Crippen LogP contribution in [-0.2, 0) is 23.9 Å². The minimum atomic E-state index is -0.744. The third-order valence-corrected chi connectivity index (χ3v) is 4.26. The summed E-state index contributed by atoms with van der Waals surface area (Å²) in [4.78, 5) is 38.4. The van der Waals surface area contributed by atoms with E-state index in [1.165, 1.54) is 12.0 Å². The van der Waals surface area contributed by atoms with E-state index in [0.717, 1.165) is 0 Å². The highest BCUT2D eigenvalue weighted by molar-refractivity contribution is 6.01. The summed E-state index contributed by atoms with van der Waals surface area (Å²) in [6, 6.07) is 17.7. The molecule has 7 nitrogen and oxygen atoms in total. The van der Waals surface area contributed by atoms with Gasteiger partial charge in [0, 0.05) is 11.4 Å². The van der Waals surface area contributed by atoms with E-state index < -0.39 is 17.9 Å². The van der Waals surface area contributed by atoms with Crippen molar-refractivity contribution >= 4 is 29.2 Å². The van der Waals surface area contributed by atoms with Crippen molar-refractivity contribution in [1.82, 2.24) is 5.32 Å². The molecule has 0 spiro atoms. The second kappa shape index (κ2) is 11.7. The van der Waals surface area contributed by atoms with Gasteiger partial charge in [-0.2, -0.15) is 0 Å². The number of carbonyl (C=O) groups excluding carboxylic acids is 3. The lowest BCUT2D eigenvalue weighted by atomic mass is 10.0. The average molecular weight is 412 g/mol. The molecule has 2 aromatic rings. The van der Waals surface area contributed by atoms with Crippen LogP contribution in [-0.4, -0.2) is 44.1 Å². The number of amides is 2. The summed E-state index contributed by atoms with van der Waals surface area (Å²) in [5.41, 5.74) is 1.40. The van der Waals surface area contributed by atoms with E-state index in [4.69, 9.17) is 9.47 Å². The number of rotatable bonds is 10. The molecule has 2 rings (SSSR count). The number of methoxy groups -OCH3 is 1. The van der Waals surface area contributed by atoms with E-state index in [9.17, 15) is 14.4 Å². The Morgan fingerprint density at radius 2 is 1.43 bits per heavy atom. The lowest BCUT2D eigenvalue weighted by molar-refractivity contribution is -0.146. The van der Waals surface area contributed by atoms with Gasteiger partial charge < -0.3 is 14.8 Å². The van der Waals surface area contributed by atoms with Crippen molar-refractivity contribution in [3.63, 3.8) is 0 Å². The van der Waals surface area contributed by atoms with E-state index in [1.54, 1.807) is 0 Å². The number of esters is 1. The van der Waals surface area contributed by atoms with Gasteiger partial charge in [0.2, 0.25) is 5.91 Å². The number of nitrogens with zero attached hydrogens (tertiary/aromatic N) is 1. The van der Waals surface area contributed by atoms with Gasteiger partial charge >= 0.3 is 5.97 Å². The van der Waals surface area contributed by atoms with Crippen molar-refractivity contribution in [3.05, 3.63) is 60.7 Å². The first-order chi connectivity index (χ1) is 14.4. The number of carbonyl (C=O) groups is 3. The zero-order chi connectivity index (χ0) is 21.9. The third kappa shape index (κ3) is 7.00. The van der Waals surface area contributed by atoms with Crippen LogP contribution < -0.4 is 10.2 Å². The molecule has 0 aliphatic carbocycles. The molecule has 0 bridgehead atoms. The third-order valence-electron chi connectivity index (χ3n) is 4.26. The zero-order valence-corrected chi connectivity index (χ0v) is 17.5. The number of para-hydroxylation sites is 2. The van der Waals surface area contributed by atoms with Gasteiger partial charge in [-0.15, -0.1) is 0 Å². The second-order valence-electron chi connectivity index (χ2n) is 7.17. The van der Waals surface area contributed by atoms with Crippen molar-refractivity contribution < 1.29 is 23.9 Å². The number of anilines is 2. The Kier molecular flexibility index (Phi) is 9.03. The van der Waals surface area contributed by atoms with Crippen molar-refractivity contribution in [2.75, 3.05) is 25.2 Å². The van der Waals surface area contributed by atoms with Crippen LogP contribution in [0.15, 0.2) is 60.7 Å². The molecule has 0 heterocycles. The minimum Gasteiger partial charge on any atom is -0.467 e. The molecule has 160 valence electrons. The Morgan fingerprint density at radius 3 is 1.90 bits per heavy atom. The van der Waals surface area contributed by atoms with Gasteiger partial charge in [-0.3, -0.25) is 14.5 Å². The predicted molar refractivity (Wildman–Crippen MR) is 114 cm³/mol. The van der Waals surface area contributed by atoms with Gasteiger partial charge in [-0.1, -0.05) is 50.2 Å². The first-order valence-electron chi connectivity index (χ1n) is 9.80. The summed E-state index contributed by atoms with van der Waals surface area (Å²) in [6.45, 7) is 3.26. The zero-order valence-electron chi connectivity index (χ0n) is 17.5. The summed E-state index contributed by atoms with van der Waals surface area (Å²) in [6.07, 6.45) is 0.452. The molecule has 0 aliphatic heterocycles. The standard InChI is InChI=1S/C23H28N2O5/c1-17(2)14-20(23(28)29-3)24-21(26)15-30-16-22(27)25(18-10-6-4-7-11-18)19-12-8-5-9-13-19/h4-13,17,20H,14-16H2,1-3H3,(H,24,26)/t20-/m0/s1. The minimum absolute atomic E-state index is 0.196. The lowest BCUT2D eigenvalue weighted by Gasteiger charge is -2.23. The number of ether oxygens (including phenoxy) is 2. The Balaban J connectivity index is 1.97. The maximum atomic E-state index is 12.8. The molecule has 0 saturated heterocycles. The molecule has 1 N–H and O–H groups in total. The van der Waals surface area contributed by atoms with Gasteiger partial charge in [-0.05, 0) is 36.6 Å². The Hall–Kier alpha value is -3.19. The van der Waals surface area contributed by atoms with Crippen molar-refractivity contribution in [2.45, 2.75) is 26.3 Å². The molecule has 2 amide bonds. The Morgan fingerprint density at radius 1 is 0.900 bits per heavy atom. The molecule has 0 radical (unpaired) electrons. The lowest BCUT2D eigenvalue weighted by Crippen LogP contribution is -2.44. The molecule has 0 saturated carbocycles. The SMILES string of the molecule is COC(=O)[C@H](CC(C)C)NC(=O)COCC(=O)N(c1ccccc1)c1ccccc1. The monoisotopic (exact) mass is 412 g/mol. The summed E-state index contributed by atoms with van der Waals surface area (Å²) in [7, 11) is 1.28. The fourth-order valence-corrected chi connectivity index (χ4v) is 2.95. The molecular weight excluding hydrogens is 384 g/mol. The first kappa shape index (κ1) is 23.1. The highest BCUT2D eigenvalue weighted by Gasteiger charge is 2.23. The molecule has 1 atom stereocenters. The number of hydrogen-bond donors (Lipinski definition) is 1. The fourth-order valence-electron chi connectivity index (χ4n) is 2.95. The molecule has 7 heteroatoms. The second-order valence-corrected chi connectivity index (χ2v) is 7.17. The molecular formula is C23H28N2O5. The smallest absolute Gasteiger partial charge is 0.328 e. The summed E-state index contributed by atoms with van der Waals surface area (Å²) in [5.74, 6) is -1.11. The highest BCUT2D eigenvalue weighted by Crippen LogP contribution is 2.25. The van der Waals surface area contributed by atoms with Gasteiger partial charge in [0.05, 0.1) is 7.11 Å². The quantitative estimate of drug-likeness (QED) is 0.606. The highest BCUT2D eigenvalue weighted by atomic mass is 16.5. The van der Waals surface area contributed by atoms with Crippen LogP contribution in [0.25, 0.3) is 0 Å². The van der Waals surface area contributed by atoms with E-state index >= 15 is 0 Å². The molecule has 2 aromatic carbocycles. The Bertz CT molecular complexity index is 785. The van der Waals surface area contributed by atoms with E-state index in [-0.39, 0.29) is 25.0 Å². The molecule has 0 fully saturated rings. The van der Waals surface area contributed by atoms with Gasteiger partial charge in [0.25, 0.3) is 5.91 Å². The van der Waals surface area contributed by atoms with Gasteiger partial charge in [0.15, 0.2) is 0 Å². The van der Waals surface area contributed by atoms with Crippen LogP contribution in [0, 0.1) is 5.92 Å². The summed E-state index contributed by atoms with van der Waals surface area (Å²) < 4.78 is 10.1. The number of benzene rings is 2. The van der Waals surface area contributed by atoms with Crippen molar-refractivity contribution in [2.24, 2.45) is 5.92 Å². The fraction of sp³-hybridized carbons (Fsp3) is 0.348. The average Bonchev–Trinajstić information content (AvgIpc) is 2.74. The van der Waals surface area contributed by atoms with Gasteiger partial charge in [-0.25, -0.2) is 4.79 Å². The number of nitrogens with one attached hydrogen (secondary N) is 1. The maximum Gasteiger partial charge on any atom is 0.328 e. The van der Waals surface area contributed by atoms with E-state index in [1.807, 2.05) is 74.5 Å². The van der Waals surface area contributed by atoms with Crippen LogP contribution in [0.3, 0.4) is 0 Å². The van der Waals surface area contributed by atoms with Crippen molar-refractivity contribution in [1.29, 1.82) is 0 Å². The first-order valence-corrected chi connectivity index (χ1v) is 9.80. The largest absolute Gasteiger partial charge is 0.467 e. The molecule has 0 unspecified atom stereocenters. The predicted octanol–water partition coefficient (Wildman–Crippen LogP) is 3.07. The Labute approximate surface area is 177 Å². The summed E-state index contributed by atoms with van der Waals surface area (Å²) in [5, 5.41) is 2.60. The molecule has 30 heavy (non-hydrogen) atoms.